The Morgan fingerprint density at radius 3 is 2.80 bits per heavy atom. The van der Waals surface area contributed by atoms with Gasteiger partial charge in [-0.2, -0.15) is 0 Å². The number of fused-ring (bicyclic) bond motifs is 1. The predicted octanol–water partition coefficient (Wildman–Crippen LogP) is 4.05. The lowest BCUT2D eigenvalue weighted by Crippen LogP contribution is -2.05. The van der Waals surface area contributed by atoms with E-state index in [-0.39, 0.29) is 12.3 Å². The van der Waals surface area contributed by atoms with Gasteiger partial charge in [0.1, 0.15) is 5.70 Å². The first-order valence-electron chi connectivity index (χ1n) is 6.18. The van der Waals surface area contributed by atoms with Crippen LogP contribution in [0, 0.1) is 0 Å². The third-order valence-corrected chi connectivity index (χ3v) is 2.75. The maximum absolute atomic E-state index is 11.7. The van der Waals surface area contributed by atoms with Gasteiger partial charge in [0.15, 0.2) is 0 Å². The molecule has 20 heavy (non-hydrogen) atoms. The van der Waals surface area contributed by atoms with E-state index in [4.69, 9.17) is 10.3 Å². The molecule has 2 aromatic rings. The molecule has 100 valence electrons. The lowest BCUT2D eigenvalue weighted by atomic mass is 10.0. The number of nitrogens with zero attached hydrogens (tertiary/aromatic N) is 3. The van der Waals surface area contributed by atoms with Gasteiger partial charge in [0, 0.05) is 4.91 Å². The molecule has 0 heterocycles. The van der Waals surface area contributed by atoms with Crippen molar-refractivity contribution >= 4 is 22.8 Å². The third kappa shape index (κ3) is 2.96. The van der Waals surface area contributed by atoms with Crippen molar-refractivity contribution in [3.63, 3.8) is 0 Å². The van der Waals surface area contributed by atoms with Crippen LogP contribution in [-0.4, -0.2) is 12.6 Å². The number of hydrogen-bond acceptors (Lipinski definition) is 3. The standard InChI is InChI=1S/C15H13N3O2/c1-2-20-15(19)14(17-18-16)10-12-8-5-7-11-6-3-4-9-13(11)12/h3-10H,2H2,1H3. The fourth-order valence-electron chi connectivity index (χ4n) is 1.91. The Kier molecular flexibility index (Phi) is 4.37. The highest BCUT2D eigenvalue weighted by Crippen LogP contribution is 2.21. The average Bonchev–Trinajstić information content (AvgIpc) is 2.47. The van der Waals surface area contributed by atoms with Crippen LogP contribution in [0.5, 0.6) is 0 Å². The van der Waals surface area contributed by atoms with Gasteiger partial charge in [0.2, 0.25) is 0 Å². The molecule has 0 saturated carbocycles. The molecule has 0 bridgehead atoms. The van der Waals surface area contributed by atoms with E-state index in [0.29, 0.717) is 0 Å². The van der Waals surface area contributed by atoms with Crippen LogP contribution in [0.15, 0.2) is 53.3 Å². The summed E-state index contributed by atoms with van der Waals surface area (Å²) in [5.74, 6) is -0.627. The summed E-state index contributed by atoms with van der Waals surface area (Å²) in [7, 11) is 0. The minimum absolute atomic E-state index is 0.0503. The van der Waals surface area contributed by atoms with Crippen molar-refractivity contribution in [1.82, 2.24) is 0 Å². The smallest absolute Gasteiger partial charge is 0.340 e. The van der Waals surface area contributed by atoms with E-state index in [9.17, 15) is 4.79 Å². The summed E-state index contributed by atoms with van der Waals surface area (Å²) in [6.45, 7) is 1.93. The van der Waals surface area contributed by atoms with Crippen molar-refractivity contribution in [3.05, 3.63) is 64.2 Å². The number of carbonyl (C=O) groups excluding carboxylic acids is 1. The summed E-state index contributed by atoms with van der Waals surface area (Å²) in [6, 6.07) is 13.5. The van der Waals surface area contributed by atoms with Crippen LogP contribution < -0.4 is 0 Å². The van der Waals surface area contributed by atoms with Crippen LogP contribution in [0.1, 0.15) is 12.5 Å². The predicted molar refractivity (Wildman–Crippen MR) is 77.7 cm³/mol. The Labute approximate surface area is 116 Å². The van der Waals surface area contributed by atoms with E-state index in [1.165, 1.54) is 0 Å². The van der Waals surface area contributed by atoms with Gasteiger partial charge in [-0.15, -0.1) is 0 Å². The first-order valence-corrected chi connectivity index (χ1v) is 6.18. The Morgan fingerprint density at radius 2 is 2.05 bits per heavy atom. The number of benzene rings is 2. The summed E-state index contributed by atoms with van der Waals surface area (Å²) in [4.78, 5) is 14.4. The molecule has 2 rings (SSSR count). The van der Waals surface area contributed by atoms with E-state index in [1.54, 1.807) is 13.0 Å². The van der Waals surface area contributed by atoms with Crippen molar-refractivity contribution < 1.29 is 9.53 Å². The van der Waals surface area contributed by atoms with Crippen molar-refractivity contribution in [2.45, 2.75) is 6.92 Å². The van der Waals surface area contributed by atoms with Crippen molar-refractivity contribution in [2.24, 2.45) is 5.11 Å². The Morgan fingerprint density at radius 1 is 1.30 bits per heavy atom. The molecular formula is C15H13N3O2. The van der Waals surface area contributed by atoms with E-state index < -0.39 is 5.97 Å². The molecule has 0 unspecified atom stereocenters. The topological polar surface area (TPSA) is 75.1 Å². The average molecular weight is 267 g/mol. The van der Waals surface area contributed by atoms with E-state index in [1.807, 2.05) is 42.5 Å². The fourth-order valence-corrected chi connectivity index (χ4v) is 1.91. The normalized spacial score (nSPS) is 10.9. The van der Waals surface area contributed by atoms with Crippen LogP contribution in [-0.2, 0) is 9.53 Å². The van der Waals surface area contributed by atoms with Gasteiger partial charge in [-0.3, -0.25) is 0 Å². The number of esters is 1. The molecule has 5 heteroatoms. The number of rotatable bonds is 4. The number of azide groups is 1. The monoisotopic (exact) mass is 267 g/mol. The second-order valence-electron chi connectivity index (χ2n) is 4.01. The van der Waals surface area contributed by atoms with Gasteiger partial charge in [-0.05, 0) is 34.9 Å². The Balaban J connectivity index is 2.53. The molecule has 0 radical (unpaired) electrons. The van der Waals surface area contributed by atoms with E-state index in [2.05, 4.69) is 10.0 Å². The minimum Gasteiger partial charge on any atom is -0.462 e. The first kappa shape index (κ1) is 13.6. The van der Waals surface area contributed by atoms with Crippen LogP contribution in [0.25, 0.3) is 27.3 Å². The zero-order valence-corrected chi connectivity index (χ0v) is 11.0. The SMILES string of the molecule is CCOC(=O)C(=Cc1cccc2ccccc12)N=[N+]=[N-]. The van der Waals surface area contributed by atoms with Gasteiger partial charge in [0.25, 0.3) is 0 Å². The Hall–Kier alpha value is -2.78. The molecule has 0 aliphatic rings. The Bertz CT molecular complexity index is 711. The van der Waals surface area contributed by atoms with Crippen LogP contribution in [0.3, 0.4) is 0 Å². The van der Waals surface area contributed by atoms with Crippen molar-refractivity contribution in [2.75, 3.05) is 6.61 Å². The second kappa shape index (κ2) is 6.41. The number of ether oxygens (including phenoxy) is 1. The number of carbonyl (C=O) groups is 1. The van der Waals surface area contributed by atoms with Gasteiger partial charge in [0.05, 0.1) is 6.61 Å². The lowest BCUT2D eigenvalue weighted by molar-refractivity contribution is -0.138. The molecule has 0 atom stereocenters. The maximum atomic E-state index is 11.7. The summed E-state index contributed by atoms with van der Waals surface area (Å²) < 4.78 is 4.87. The summed E-state index contributed by atoms with van der Waals surface area (Å²) >= 11 is 0. The highest BCUT2D eigenvalue weighted by atomic mass is 16.5. The van der Waals surface area contributed by atoms with Gasteiger partial charge < -0.3 is 4.74 Å². The molecule has 0 amide bonds. The minimum atomic E-state index is -0.627. The fraction of sp³-hybridized carbons (Fsp3) is 0.133. The van der Waals surface area contributed by atoms with Crippen LogP contribution in [0.4, 0.5) is 0 Å². The molecular weight excluding hydrogens is 254 g/mol. The maximum Gasteiger partial charge on any atom is 0.340 e. The van der Waals surface area contributed by atoms with Gasteiger partial charge in [-0.1, -0.05) is 47.6 Å². The van der Waals surface area contributed by atoms with Crippen LogP contribution >= 0.6 is 0 Å². The molecule has 0 aliphatic carbocycles. The second-order valence-corrected chi connectivity index (χ2v) is 4.01. The molecule has 0 spiro atoms. The summed E-state index contributed by atoms with van der Waals surface area (Å²) in [5.41, 5.74) is 9.31. The lowest BCUT2D eigenvalue weighted by Gasteiger charge is -2.04. The molecule has 5 nitrogen and oxygen atoms in total. The zero-order valence-electron chi connectivity index (χ0n) is 11.0. The van der Waals surface area contributed by atoms with Crippen molar-refractivity contribution in [1.29, 1.82) is 0 Å². The first-order chi connectivity index (χ1) is 9.76. The largest absolute Gasteiger partial charge is 0.462 e. The van der Waals surface area contributed by atoms with Gasteiger partial charge in [-0.25, -0.2) is 4.79 Å². The quantitative estimate of drug-likeness (QED) is 0.275. The summed E-state index contributed by atoms with van der Waals surface area (Å²) in [5, 5.41) is 5.44. The third-order valence-electron chi connectivity index (χ3n) is 2.75. The highest BCUT2D eigenvalue weighted by molar-refractivity contribution is 5.98. The molecule has 0 N–H and O–H groups in total. The van der Waals surface area contributed by atoms with Gasteiger partial charge >= 0.3 is 5.97 Å². The van der Waals surface area contributed by atoms with Crippen LogP contribution in [0.2, 0.25) is 0 Å². The zero-order chi connectivity index (χ0) is 14.4. The molecule has 0 saturated heterocycles. The van der Waals surface area contributed by atoms with Crippen molar-refractivity contribution in [3.8, 4) is 0 Å². The number of hydrogen-bond donors (Lipinski definition) is 0. The molecule has 0 aliphatic heterocycles. The molecule has 2 aromatic carbocycles. The van der Waals surface area contributed by atoms with E-state index >= 15 is 0 Å². The molecule has 0 fully saturated rings. The molecule has 0 aromatic heterocycles. The summed E-state index contributed by atoms with van der Waals surface area (Å²) in [6.07, 6.45) is 1.54. The van der Waals surface area contributed by atoms with E-state index in [0.717, 1.165) is 16.3 Å². The highest BCUT2D eigenvalue weighted by Gasteiger charge is 2.09.